The number of piperazine rings is 1. The highest BCUT2D eigenvalue weighted by atomic mass is 127. The van der Waals surface area contributed by atoms with E-state index in [1.807, 2.05) is 0 Å². The van der Waals surface area contributed by atoms with Crippen molar-refractivity contribution in [2.24, 2.45) is 16.6 Å². The highest BCUT2D eigenvalue weighted by molar-refractivity contribution is 14.0. The molecule has 0 aromatic carbocycles. The standard InChI is InChI=1S/C15H31N5.HI/c1-15(2)12-20(10-9-19(15)3)8-7-17-14(16)18-11-13-5-4-6-13;/h13H,4-12H2,1-3H3,(H3,16,17,18);1H. The number of rotatable bonds is 5. The van der Waals surface area contributed by atoms with Crippen LogP contribution in [-0.2, 0) is 0 Å². The molecule has 0 aromatic rings. The molecule has 0 bridgehead atoms. The van der Waals surface area contributed by atoms with E-state index < -0.39 is 0 Å². The average molecular weight is 409 g/mol. The third kappa shape index (κ3) is 5.90. The summed E-state index contributed by atoms with van der Waals surface area (Å²) >= 11 is 0. The first-order valence-corrected chi connectivity index (χ1v) is 7.95. The Morgan fingerprint density at radius 3 is 2.62 bits per heavy atom. The zero-order valence-electron chi connectivity index (χ0n) is 13.8. The van der Waals surface area contributed by atoms with Crippen molar-refractivity contribution in [2.45, 2.75) is 38.6 Å². The zero-order valence-corrected chi connectivity index (χ0v) is 16.1. The van der Waals surface area contributed by atoms with Crippen molar-refractivity contribution in [3.63, 3.8) is 0 Å². The fourth-order valence-corrected chi connectivity index (χ4v) is 2.83. The van der Waals surface area contributed by atoms with E-state index in [0.717, 1.165) is 45.2 Å². The van der Waals surface area contributed by atoms with Crippen molar-refractivity contribution < 1.29 is 0 Å². The minimum atomic E-state index is 0. The molecule has 1 saturated heterocycles. The molecule has 0 unspecified atom stereocenters. The Bertz CT molecular complexity index is 341. The van der Waals surface area contributed by atoms with E-state index in [4.69, 9.17) is 5.73 Å². The number of halogens is 1. The summed E-state index contributed by atoms with van der Waals surface area (Å²) in [5.41, 5.74) is 6.17. The van der Waals surface area contributed by atoms with Crippen molar-refractivity contribution in [1.29, 1.82) is 0 Å². The molecular weight excluding hydrogens is 377 g/mol. The van der Waals surface area contributed by atoms with Crippen LogP contribution < -0.4 is 11.1 Å². The van der Waals surface area contributed by atoms with Crippen LogP contribution in [0.4, 0.5) is 0 Å². The number of guanidine groups is 1. The highest BCUT2D eigenvalue weighted by Gasteiger charge is 2.30. The second-order valence-corrected chi connectivity index (χ2v) is 6.96. The molecule has 1 aliphatic carbocycles. The van der Waals surface area contributed by atoms with Crippen LogP contribution in [0.3, 0.4) is 0 Å². The predicted octanol–water partition coefficient (Wildman–Crippen LogP) is 1.33. The first-order chi connectivity index (χ1) is 9.47. The maximum Gasteiger partial charge on any atom is 0.188 e. The lowest BCUT2D eigenvalue weighted by Crippen LogP contribution is -2.58. The van der Waals surface area contributed by atoms with Gasteiger partial charge in [-0.2, -0.15) is 0 Å². The molecule has 1 heterocycles. The Kier molecular flexibility index (Phi) is 7.70. The van der Waals surface area contributed by atoms with Gasteiger partial charge in [0.15, 0.2) is 5.96 Å². The third-order valence-electron chi connectivity index (χ3n) is 4.87. The van der Waals surface area contributed by atoms with E-state index >= 15 is 0 Å². The van der Waals surface area contributed by atoms with Gasteiger partial charge in [0.25, 0.3) is 0 Å². The fourth-order valence-electron chi connectivity index (χ4n) is 2.83. The zero-order chi connectivity index (χ0) is 14.6. The van der Waals surface area contributed by atoms with Gasteiger partial charge in [-0.15, -0.1) is 24.0 Å². The Morgan fingerprint density at radius 2 is 2.05 bits per heavy atom. The molecule has 124 valence electrons. The van der Waals surface area contributed by atoms with Crippen LogP contribution in [0, 0.1) is 5.92 Å². The number of nitrogens with two attached hydrogens (primary N) is 1. The number of aliphatic imine (C=N–C) groups is 1. The maximum absolute atomic E-state index is 5.90. The van der Waals surface area contributed by atoms with Crippen molar-refractivity contribution in [2.75, 3.05) is 46.3 Å². The average Bonchev–Trinajstić information content (AvgIpc) is 2.31. The van der Waals surface area contributed by atoms with E-state index in [0.29, 0.717) is 5.96 Å². The van der Waals surface area contributed by atoms with Gasteiger partial charge in [0.1, 0.15) is 0 Å². The van der Waals surface area contributed by atoms with Gasteiger partial charge in [-0.25, -0.2) is 0 Å². The van der Waals surface area contributed by atoms with Crippen molar-refractivity contribution >= 4 is 29.9 Å². The highest BCUT2D eigenvalue weighted by Crippen LogP contribution is 2.26. The van der Waals surface area contributed by atoms with E-state index in [-0.39, 0.29) is 29.5 Å². The van der Waals surface area contributed by atoms with Gasteiger partial charge >= 0.3 is 0 Å². The first kappa shape index (κ1) is 19.0. The maximum atomic E-state index is 5.90. The second kappa shape index (κ2) is 8.53. The molecule has 5 nitrogen and oxygen atoms in total. The lowest BCUT2D eigenvalue weighted by molar-refractivity contribution is 0.0413. The lowest BCUT2D eigenvalue weighted by Gasteiger charge is -2.45. The third-order valence-corrected chi connectivity index (χ3v) is 4.87. The van der Waals surface area contributed by atoms with E-state index in [1.165, 1.54) is 19.3 Å². The van der Waals surface area contributed by atoms with Crippen LogP contribution in [0.5, 0.6) is 0 Å². The summed E-state index contributed by atoms with van der Waals surface area (Å²) in [4.78, 5) is 9.37. The van der Waals surface area contributed by atoms with Crippen LogP contribution in [0.1, 0.15) is 33.1 Å². The van der Waals surface area contributed by atoms with Crippen molar-refractivity contribution in [3.05, 3.63) is 0 Å². The summed E-state index contributed by atoms with van der Waals surface area (Å²) in [7, 11) is 2.21. The molecule has 0 atom stereocenters. The van der Waals surface area contributed by atoms with Gasteiger partial charge in [0.05, 0.1) is 0 Å². The van der Waals surface area contributed by atoms with Crippen molar-refractivity contribution in [1.82, 2.24) is 15.1 Å². The summed E-state index contributed by atoms with van der Waals surface area (Å²) in [5, 5.41) is 3.24. The van der Waals surface area contributed by atoms with E-state index in [1.54, 1.807) is 0 Å². The van der Waals surface area contributed by atoms with Gasteiger partial charge in [-0.3, -0.25) is 14.8 Å². The smallest absolute Gasteiger partial charge is 0.188 e. The molecule has 2 rings (SSSR count). The minimum absolute atomic E-state index is 0. The number of nitrogens with one attached hydrogen (secondary N) is 1. The number of nitrogens with zero attached hydrogens (tertiary/aromatic N) is 3. The Morgan fingerprint density at radius 1 is 1.33 bits per heavy atom. The summed E-state index contributed by atoms with van der Waals surface area (Å²) < 4.78 is 0. The van der Waals surface area contributed by atoms with Gasteiger partial charge in [0, 0.05) is 44.8 Å². The van der Waals surface area contributed by atoms with Crippen LogP contribution in [0.2, 0.25) is 0 Å². The predicted molar refractivity (Wildman–Crippen MR) is 100 cm³/mol. The number of hydrogen-bond donors (Lipinski definition) is 2. The fraction of sp³-hybridized carbons (Fsp3) is 0.933. The molecule has 21 heavy (non-hydrogen) atoms. The van der Waals surface area contributed by atoms with Gasteiger partial charge in [-0.05, 0) is 39.7 Å². The second-order valence-electron chi connectivity index (χ2n) is 6.96. The van der Waals surface area contributed by atoms with Crippen LogP contribution in [-0.4, -0.2) is 67.6 Å². The minimum Gasteiger partial charge on any atom is -0.370 e. The molecule has 0 radical (unpaired) electrons. The Balaban J connectivity index is 0.00000220. The molecular formula is C15H32IN5. The Labute approximate surface area is 146 Å². The summed E-state index contributed by atoms with van der Waals surface area (Å²) in [5.74, 6) is 1.40. The Hall–Kier alpha value is -0.0800. The summed E-state index contributed by atoms with van der Waals surface area (Å²) in [6.45, 7) is 10.8. The molecule has 3 N–H and O–H groups in total. The SMILES string of the molecule is CN1CCN(CCNC(N)=NCC2CCC2)CC1(C)C.I. The molecule has 2 fully saturated rings. The van der Waals surface area contributed by atoms with Gasteiger partial charge in [0.2, 0.25) is 0 Å². The number of hydrogen-bond acceptors (Lipinski definition) is 3. The summed E-state index contributed by atoms with van der Waals surface area (Å²) in [6.07, 6.45) is 4.02. The molecule has 1 aliphatic heterocycles. The van der Waals surface area contributed by atoms with E-state index in [2.05, 4.69) is 41.0 Å². The molecule has 6 heteroatoms. The van der Waals surface area contributed by atoms with Crippen LogP contribution in [0.15, 0.2) is 4.99 Å². The number of likely N-dealkylation sites (N-methyl/N-ethyl adjacent to an activating group) is 1. The van der Waals surface area contributed by atoms with Crippen molar-refractivity contribution in [3.8, 4) is 0 Å². The molecule has 2 aliphatic rings. The lowest BCUT2D eigenvalue weighted by atomic mass is 9.86. The van der Waals surface area contributed by atoms with Crippen LogP contribution in [0.25, 0.3) is 0 Å². The largest absolute Gasteiger partial charge is 0.370 e. The first-order valence-electron chi connectivity index (χ1n) is 7.95. The molecule has 0 aromatic heterocycles. The van der Waals surface area contributed by atoms with Crippen LogP contribution >= 0.6 is 24.0 Å². The van der Waals surface area contributed by atoms with Gasteiger partial charge in [-0.1, -0.05) is 6.42 Å². The quantitative estimate of drug-likeness (QED) is 0.409. The molecule has 1 saturated carbocycles. The van der Waals surface area contributed by atoms with E-state index in [9.17, 15) is 0 Å². The topological polar surface area (TPSA) is 56.9 Å². The molecule has 0 spiro atoms. The molecule has 0 amide bonds. The monoisotopic (exact) mass is 409 g/mol. The van der Waals surface area contributed by atoms with Gasteiger partial charge < -0.3 is 11.1 Å². The normalized spacial score (nSPS) is 24.2. The summed E-state index contributed by atoms with van der Waals surface area (Å²) in [6, 6.07) is 0.